The van der Waals surface area contributed by atoms with Gasteiger partial charge in [-0.15, -0.1) is 11.3 Å². The molecule has 0 bridgehead atoms. The number of nitrogens with zero attached hydrogens (tertiary/aromatic N) is 2. The van der Waals surface area contributed by atoms with E-state index < -0.39 is 0 Å². The second-order valence-electron chi connectivity index (χ2n) is 5.95. The lowest BCUT2D eigenvalue weighted by Crippen LogP contribution is -2.38. The number of hydrogen-bond acceptors (Lipinski definition) is 4. The van der Waals surface area contributed by atoms with E-state index in [1.54, 1.807) is 18.4 Å². The molecule has 0 atom stereocenters. The molecule has 0 saturated heterocycles. The van der Waals surface area contributed by atoms with Crippen molar-refractivity contribution < 1.29 is 9.53 Å². The SMILES string of the molecule is COc1ccc(N(Cc2cccs2)C(=O)CN(C)c2ccccc2)cc1. The van der Waals surface area contributed by atoms with Crippen LogP contribution in [0.15, 0.2) is 72.1 Å². The summed E-state index contributed by atoms with van der Waals surface area (Å²) in [5, 5.41) is 2.03. The molecule has 4 nitrogen and oxygen atoms in total. The molecule has 0 aliphatic rings. The molecule has 1 heterocycles. The summed E-state index contributed by atoms with van der Waals surface area (Å²) in [5.74, 6) is 0.827. The van der Waals surface area contributed by atoms with Gasteiger partial charge in [-0.1, -0.05) is 24.3 Å². The average Bonchev–Trinajstić information content (AvgIpc) is 3.20. The highest BCUT2D eigenvalue weighted by Gasteiger charge is 2.19. The number of ether oxygens (including phenoxy) is 1. The fraction of sp³-hybridized carbons (Fsp3) is 0.190. The summed E-state index contributed by atoms with van der Waals surface area (Å²) in [6.07, 6.45) is 0. The van der Waals surface area contributed by atoms with Crippen LogP contribution in [0, 0.1) is 0 Å². The van der Waals surface area contributed by atoms with E-state index in [9.17, 15) is 4.79 Å². The molecule has 134 valence electrons. The van der Waals surface area contributed by atoms with E-state index in [2.05, 4.69) is 6.07 Å². The van der Waals surface area contributed by atoms with E-state index in [-0.39, 0.29) is 5.91 Å². The third kappa shape index (κ3) is 4.43. The number of methoxy groups -OCH3 is 1. The topological polar surface area (TPSA) is 32.8 Å². The van der Waals surface area contributed by atoms with Crippen LogP contribution in [0.4, 0.5) is 11.4 Å². The Hall–Kier alpha value is -2.79. The van der Waals surface area contributed by atoms with Crippen LogP contribution in [0.25, 0.3) is 0 Å². The molecule has 0 unspecified atom stereocenters. The van der Waals surface area contributed by atoms with Gasteiger partial charge in [0.15, 0.2) is 0 Å². The highest BCUT2D eigenvalue weighted by atomic mass is 32.1. The predicted molar refractivity (Wildman–Crippen MR) is 108 cm³/mol. The molecule has 0 aliphatic carbocycles. The Bertz CT molecular complexity index is 817. The summed E-state index contributed by atoms with van der Waals surface area (Å²) >= 11 is 1.65. The number of carbonyl (C=O) groups is 1. The van der Waals surface area contributed by atoms with Crippen LogP contribution >= 0.6 is 11.3 Å². The van der Waals surface area contributed by atoms with E-state index >= 15 is 0 Å². The standard InChI is InChI=1S/C21H22N2O2S/c1-22(17-7-4-3-5-8-17)16-21(24)23(15-20-9-6-14-26-20)18-10-12-19(25-2)13-11-18/h3-14H,15-16H2,1-2H3. The number of benzene rings is 2. The Morgan fingerprint density at radius 1 is 0.962 bits per heavy atom. The summed E-state index contributed by atoms with van der Waals surface area (Å²) in [6, 6.07) is 21.6. The molecule has 3 aromatic rings. The van der Waals surface area contributed by atoms with Crippen molar-refractivity contribution in [1.29, 1.82) is 0 Å². The van der Waals surface area contributed by atoms with Gasteiger partial charge in [0.25, 0.3) is 0 Å². The van der Waals surface area contributed by atoms with E-state index in [4.69, 9.17) is 4.74 Å². The second kappa shape index (κ2) is 8.54. The third-order valence-electron chi connectivity index (χ3n) is 4.15. The van der Waals surface area contributed by atoms with E-state index in [0.29, 0.717) is 13.1 Å². The van der Waals surface area contributed by atoms with Gasteiger partial charge in [0, 0.05) is 23.3 Å². The Morgan fingerprint density at radius 3 is 2.31 bits per heavy atom. The van der Waals surface area contributed by atoms with E-state index in [0.717, 1.165) is 22.0 Å². The van der Waals surface area contributed by atoms with E-state index in [1.807, 2.05) is 82.9 Å². The Kier molecular flexibility index (Phi) is 5.92. The first-order valence-corrected chi connectivity index (χ1v) is 9.28. The van der Waals surface area contributed by atoms with Gasteiger partial charge in [-0.05, 0) is 47.8 Å². The molecule has 26 heavy (non-hydrogen) atoms. The van der Waals surface area contributed by atoms with Crippen LogP contribution < -0.4 is 14.5 Å². The van der Waals surface area contributed by atoms with Crippen LogP contribution in [0.2, 0.25) is 0 Å². The molecular weight excluding hydrogens is 344 g/mol. The van der Waals surface area contributed by atoms with Gasteiger partial charge >= 0.3 is 0 Å². The number of carbonyl (C=O) groups excluding carboxylic acids is 1. The first kappa shape index (κ1) is 18.0. The maximum atomic E-state index is 13.1. The number of anilines is 2. The van der Waals surface area contributed by atoms with Crippen molar-refractivity contribution >= 4 is 28.6 Å². The first-order chi connectivity index (χ1) is 12.7. The summed E-state index contributed by atoms with van der Waals surface area (Å²) in [6.45, 7) is 0.868. The summed E-state index contributed by atoms with van der Waals surface area (Å²) < 4.78 is 5.23. The number of rotatable bonds is 7. The highest BCUT2D eigenvalue weighted by Crippen LogP contribution is 2.23. The molecular formula is C21H22N2O2S. The van der Waals surface area contributed by atoms with Crippen molar-refractivity contribution in [1.82, 2.24) is 0 Å². The summed E-state index contributed by atoms with van der Waals surface area (Å²) in [5.41, 5.74) is 1.89. The smallest absolute Gasteiger partial charge is 0.246 e. The number of thiophene rings is 1. The predicted octanol–water partition coefficient (Wildman–Crippen LogP) is 4.43. The minimum Gasteiger partial charge on any atom is -0.497 e. The van der Waals surface area contributed by atoms with Gasteiger partial charge in [0.1, 0.15) is 5.75 Å². The zero-order chi connectivity index (χ0) is 18.4. The number of amides is 1. The molecule has 0 saturated carbocycles. The van der Waals surface area contributed by atoms with Gasteiger partial charge in [-0.3, -0.25) is 4.79 Å². The van der Waals surface area contributed by atoms with Crippen LogP contribution in [-0.4, -0.2) is 26.6 Å². The van der Waals surface area contributed by atoms with Gasteiger partial charge < -0.3 is 14.5 Å². The fourth-order valence-corrected chi connectivity index (χ4v) is 3.40. The van der Waals surface area contributed by atoms with Crippen molar-refractivity contribution in [3.8, 4) is 5.75 Å². The van der Waals surface area contributed by atoms with Crippen molar-refractivity contribution in [3.63, 3.8) is 0 Å². The Balaban J connectivity index is 1.80. The van der Waals surface area contributed by atoms with Crippen LogP contribution in [-0.2, 0) is 11.3 Å². The summed E-state index contributed by atoms with van der Waals surface area (Å²) in [7, 11) is 3.57. The number of para-hydroxylation sites is 1. The zero-order valence-corrected chi connectivity index (χ0v) is 15.8. The Morgan fingerprint density at radius 2 is 1.69 bits per heavy atom. The number of hydrogen-bond donors (Lipinski definition) is 0. The van der Waals surface area contributed by atoms with Gasteiger partial charge in [-0.25, -0.2) is 0 Å². The monoisotopic (exact) mass is 366 g/mol. The highest BCUT2D eigenvalue weighted by molar-refractivity contribution is 7.09. The van der Waals surface area contributed by atoms with Crippen LogP contribution in [0.3, 0.4) is 0 Å². The summed E-state index contributed by atoms with van der Waals surface area (Å²) in [4.78, 5) is 18.0. The first-order valence-electron chi connectivity index (χ1n) is 8.40. The maximum absolute atomic E-state index is 13.1. The minimum atomic E-state index is 0.0509. The lowest BCUT2D eigenvalue weighted by Gasteiger charge is -2.26. The molecule has 1 aromatic heterocycles. The van der Waals surface area contributed by atoms with Crippen molar-refractivity contribution in [2.24, 2.45) is 0 Å². The van der Waals surface area contributed by atoms with Crippen LogP contribution in [0.1, 0.15) is 4.88 Å². The second-order valence-corrected chi connectivity index (χ2v) is 6.98. The molecule has 0 radical (unpaired) electrons. The molecule has 0 N–H and O–H groups in total. The van der Waals surface area contributed by atoms with Gasteiger partial charge in [-0.2, -0.15) is 0 Å². The normalized spacial score (nSPS) is 10.4. The molecule has 3 rings (SSSR count). The van der Waals surface area contributed by atoms with Crippen molar-refractivity contribution in [2.75, 3.05) is 30.5 Å². The lowest BCUT2D eigenvalue weighted by atomic mass is 10.2. The molecule has 0 fully saturated rings. The molecule has 0 spiro atoms. The maximum Gasteiger partial charge on any atom is 0.246 e. The van der Waals surface area contributed by atoms with E-state index in [1.165, 1.54) is 0 Å². The zero-order valence-electron chi connectivity index (χ0n) is 15.0. The number of likely N-dealkylation sites (N-methyl/N-ethyl adjacent to an activating group) is 1. The Labute approximate surface area is 158 Å². The van der Waals surface area contributed by atoms with Gasteiger partial charge in [0.05, 0.1) is 20.2 Å². The third-order valence-corrected chi connectivity index (χ3v) is 5.01. The molecule has 2 aromatic carbocycles. The molecule has 5 heteroatoms. The fourth-order valence-electron chi connectivity index (χ4n) is 2.71. The van der Waals surface area contributed by atoms with Gasteiger partial charge in [0.2, 0.25) is 5.91 Å². The molecule has 1 amide bonds. The quantitative estimate of drug-likeness (QED) is 0.620. The average molecular weight is 366 g/mol. The molecule has 0 aliphatic heterocycles. The largest absolute Gasteiger partial charge is 0.497 e. The van der Waals surface area contributed by atoms with Crippen LogP contribution in [0.5, 0.6) is 5.75 Å². The van der Waals surface area contributed by atoms with Crippen molar-refractivity contribution in [3.05, 3.63) is 77.0 Å². The lowest BCUT2D eigenvalue weighted by molar-refractivity contribution is -0.117. The van der Waals surface area contributed by atoms with Crippen molar-refractivity contribution in [2.45, 2.75) is 6.54 Å². The minimum absolute atomic E-state index is 0.0509.